The number of rotatable bonds is 1. The van der Waals surface area contributed by atoms with Crippen LogP contribution in [0.15, 0.2) is 0 Å². The Bertz CT molecular complexity index is 181. The Morgan fingerprint density at radius 1 is 1.67 bits per heavy atom. The second-order valence-electron chi connectivity index (χ2n) is 4.17. The van der Waals surface area contributed by atoms with E-state index in [0.717, 1.165) is 11.6 Å². The van der Waals surface area contributed by atoms with E-state index < -0.39 is 0 Å². The summed E-state index contributed by atoms with van der Waals surface area (Å²) in [5, 5.41) is 0. The topological polar surface area (TPSA) is 0 Å². The molecule has 2 saturated carbocycles. The number of likely N-dealkylation sites (N-methyl/N-ethyl adjacent to an activating group) is 1. The van der Waals surface area contributed by atoms with Crippen LogP contribution in [-0.2, 0) is 0 Å². The van der Waals surface area contributed by atoms with E-state index in [1.54, 1.807) is 12.8 Å². The van der Waals surface area contributed by atoms with Crippen LogP contribution in [0.2, 0.25) is 0 Å². The van der Waals surface area contributed by atoms with Crippen LogP contribution in [0.25, 0.3) is 0 Å². The minimum atomic E-state index is 0.898. The molecule has 0 aromatic carbocycles. The Kier molecular flexibility index (Phi) is 0.461. The van der Waals surface area contributed by atoms with Gasteiger partial charge in [-0.3, -0.25) is 0 Å². The van der Waals surface area contributed by atoms with E-state index in [4.69, 9.17) is 0 Å². The molecule has 0 amide bonds. The largest absolute Gasteiger partial charge is 0.308 e. The standard InChI is InChI=1S/C8H14N/c1-3-9(2)7-6-4-5-8(6,7)9/h6-7H,3-5H2,1-2H3/q+1/t6-,7?,8?,9?/m0/s1. The molecule has 1 heterocycles. The van der Waals surface area contributed by atoms with Gasteiger partial charge < -0.3 is 4.48 Å². The van der Waals surface area contributed by atoms with Crippen LogP contribution in [0.1, 0.15) is 19.8 Å². The average molecular weight is 124 g/mol. The van der Waals surface area contributed by atoms with E-state index in [-0.39, 0.29) is 0 Å². The van der Waals surface area contributed by atoms with Gasteiger partial charge in [0, 0.05) is 6.42 Å². The summed E-state index contributed by atoms with van der Waals surface area (Å²) in [6, 6.07) is 1.14. The summed E-state index contributed by atoms with van der Waals surface area (Å²) in [5.74, 6) is 1.20. The monoisotopic (exact) mass is 124 g/mol. The van der Waals surface area contributed by atoms with Crippen molar-refractivity contribution in [3.63, 3.8) is 0 Å². The molecule has 9 heavy (non-hydrogen) atoms. The average Bonchev–Trinajstić information content (AvgIpc) is 2.52. The third kappa shape index (κ3) is 0.219. The number of likely N-dealkylation sites (tertiary alicyclic amines) is 1. The first kappa shape index (κ1) is 4.73. The minimum Gasteiger partial charge on any atom is -0.308 e. The molecule has 1 aliphatic heterocycles. The summed E-state index contributed by atoms with van der Waals surface area (Å²) >= 11 is 0. The molecule has 0 N–H and O–H groups in total. The Morgan fingerprint density at radius 3 is 2.56 bits per heavy atom. The fourth-order valence-corrected chi connectivity index (χ4v) is 3.57. The predicted molar refractivity (Wildman–Crippen MR) is 36.0 cm³/mol. The van der Waals surface area contributed by atoms with Crippen LogP contribution in [0.4, 0.5) is 0 Å². The van der Waals surface area contributed by atoms with Crippen molar-refractivity contribution in [2.75, 3.05) is 13.6 Å². The molecule has 0 aromatic rings. The van der Waals surface area contributed by atoms with Crippen LogP contribution in [0, 0.1) is 5.92 Å². The van der Waals surface area contributed by atoms with Crippen molar-refractivity contribution in [3.05, 3.63) is 0 Å². The highest BCUT2D eigenvalue weighted by Gasteiger charge is 3.01. The van der Waals surface area contributed by atoms with E-state index in [2.05, 4.69) is 14.0 Å². The van der Waals surface area contributed by atoms with Gasteiger partial charge in [-0.1, -0.05) is 0 Å². The number of quaternary nitrogens is 1. The lowest BCUT2D eigenvalue weighted by molar-refractivity contribution is -0.861. The van der Waals surface area contributed by atoms with Gasteiger partial charge in [0.15, 0.2) is 11.6 Å². The Morgan fingerprint density at radius 2 is 2.44 bits per heavy atom. The molecule has 3 unspecified atom stereocenters. The smallest absolute Gasteiger partial charge is 0.161 e. The maximum atomic E-state index is 2.43. The lowest BCUT2D eigenvalue weighted by atomic mass is 9.91. The molecule has 1 heteroatoms. The summed E-state index contributed by atoms with van der Waals surface area (Å²) in [6.45, 7) is 3.71. The minimum absolute atomic E-state index is 0.898. The van der Waals surface area contributed by atoms with Crippen molar-refractivity contribution < 1.29 is 4.48 Å². The molecule has 3 fully saturated rings. The third-order valence-corrected chi connectivity index (χ3v) is 4.44. The molecule has 4 atom stereocenters. The van der Waals surface area contributed by atoms with E-state index in [1.165, 1.54) is 16.9 Å². The van der Waals surface area contributed by atoms with Crippen molar-refractivity contribution in [2.24, 2.45) is 5.92 Å². The van der Waals surface area contributed by atoms with Gasteiger partial charge in [-0.15, -0.1) is 0 Å². The highest BCUT2D eigenvalue weighted by Crippen LogP contribution is 2.83. The van der Waals surface area contributed by atoms with Gasteiger partial charge in [0.1, 0.15) is 0 Å². The number of hydrogen-bond acceptors (Lipinski definition) is 0. The summed E-state index contributed by atoms with van der Waals surface area (Å²) in [4.78, 5) is 0. The summed E-state index contributed by atoms with van der Waals surface area (Å²) in [7, 11) is 2.43. The molecule has 2 aliphatic carbocycles. The van der Waals surface area contributed by atoms with Crippen LogP contribution in [0.5, 0.6) is 0 Å². The first-order chi connectivity index (χ1) is 4.27. The lowest BCUT2D eigenvalue weighted by Crippen LogP contribution is -2.46. The Balaban J connectivity index is 1.92. The molecule has 50 valence electrons. The molecule has 1 saturated heterocycles. The lowest BCUT2D eigenvalue weighted by Gasteiger charge is -2.34. The van der Waals surface area contributed by atoms with Crippen LogP contribution >= 0.6 is 0 Å². The molecule has 3 aliphatic rings. The van der Waals surface area contributed by atoms with Crippen molar-refractivity contribution in [1.29, 1.82) is 0 Å². The molecular formula is C8H14N+. The van der Waals surface area contributed by atoms with Crippen molar-refractivity contribution in [1.82, 2.24) is 0 Å². The molecular weight excluding hydrogens is 110 g/mol. The van der Waals surface area contributed by atoms with E-state index in [1.807, 2.05) is 0 Å². The fraction of sp³-hybridized carbons (Fsp3) is 1.00. The number of fused-ring (bicyclic) bond motifs is 1. The second-order valence-corrected chi connectivity index (χ2v) is 4.17. The highest BCUT2D eigenvalue weighted by atomic mass is 15.7. The predicted octanol–water partition coefficient (Wildman–Crippen LogP) is 0.997. The Hall–Kier alpha value is -0.0400. The summed E-state index contributed by atoms with van der Waals surface area (Å²) < 4.78 is 1.44. The third-order valence-electron chi connectivity index (χ3n) is 4.44. The van der Waals surface area contributed by atoms with Crippen LogP contribution in [0.3, 0.4) is 0 Å². The van der Waals surface area contributed by atoms with Gasteiger partial charge in [-0.2, -0.15) is 0 Å². The van der Waals surface area contributed by atoms with Crippen molar-refractivity contribution in [3.8, 4) is 0 Å². The van der Waals surface area contributed by atoms with Gasteiger partial charge in [-0.25, -0.2) is 0 Å². The summed E-state index contributed by atoms with van der Waals surface area (Å²) in [5.41, 5.74) is 0.898. The van der Waals surface area contributed by atoms with Crippen LogP contribution < -0.4 is 0 Å². The SMILES string of the molecule is CC[N+]1(C)C2[C@@H]3CCC231. The fourth-order valence-electron chi connectivity index (χ4n) is 3.57. The van der Waals surface area contributed by atoms with Gasteiger partial charge in [0.25, 0.3) is 0 Å². The van der Waals surface area contributed by atoms with E-state index in [0.29, 0.717) is 0 Å². The zero-order valence-corrected chi connectivity index (χ0v) is 6.22. The highest BCUT2D eigenvalue weighted by molar-refractivity contribution is 5.34. The van der Waals surface area contributed by atoms with Gasteiger partial charge in [0.2, 0.25) is 0 Å². The summed E-state index contributed by atoms with van der Waals surface area (Å²) in [6.07, 6.45) is 3.10. The number of piperidine rings is 1. The maximum Gasteiger partial charge on any atom is 0.161 e. The zero-order valence-electron chi connectivity index (χ0n) is 6.22. The van der Waals surface area contributed by atoms with Gasteiger partial charge in [-0.05, 0) is 13.3 Å². The number of nitrogens with zero attached hydrogens (tertiary/aromatic N) is 1. The zero-order chi connectivity index (χ0) is 6.28. The first-order valence-electron chi connectivity index (χ1n) is 4.12. The molecule has 0 bridgehead atoms. The van der Waals surface area contributed by atoms with E-state index >= 15 is 0 Å². The van der Waals surface area contributed by atoms with Gasteiger partial charge in [0.05, 0.1) is 19.5 Å². The Labute approximate surface area is 56.2 Å². The maximum absolute atomic E-state index is 2.43. The molecule has 0 aromatic heterocycles. The quantitative estimate of drug-likeness (QED) is 0.361. The van der Waals surface area contributed by atoms with E-state index in [9.17, 15) is 0 Å². The second kappa shape index (κ2) is 0.878. The van der Waals surface area contributed by atoms with Crippen molar-refractivity contribution in [2.45, 2.75) is 31.3 Å². The van der Waals surface area contributed by atoms with Gasteiger partial charge >= 0.3 is 0 Å². The normalized spacial score (nSPS) is 74.0. The van der Waals surface area contributed by atoms with Crippen molar-refractivity contribution >= 4 is 0 Å². The van der Waals surface area contributed by atoms with Crippen LogP contribution in [-0.4, -0.2) is 29.7 Å². The first-order valence-corrected chi connectivity index (χ1v) is 4.12. The molecule has 0 radical (unpaired) electrons. The molecule has 1 nitrogen and oxygen atoms in total. The number of hydrogen-bond donors (Lipinski definition) is 0. The molecule has 1 spiro atoms. The molecule has 3 rings (SSSR count).